The average molecular weight is 255 g/mol. The molecule has 1 aromatic carbocycles. The first-order valence-electron chi connectivity index (χ1n) is 7.43. The topological polar surface area (TPSA) is 43.8 Å². The van der Waals surface area contributed by atoms with Gasteiger partial charge in [0.2, 0.25) is 0 Å². The highest BCUT2D eigenvalue weighted by Gasteiger charge is 2.37. The van der Waals surface area contributed by atoms with Crippen LogP contribution in [0.2, 0.25) is 0 Å². The van der Waals surface area contributed by atoms with Gasteiger partial charge in [-0.15, -0.1) is 0 Å². The van der Waals surface area contributed by atoms with Gasteiger partial charge in [0, 0.05) is 18.0 Å². The predicted molar refractivity (Wildman–Crippen MR) is 77.3 cm³/mol. The Bertz CT molecular complexity index is 627. The first-order valence-corrected chi connectivity index (χ1v) is 7.43. The molecule has 2 N–H and O–H groups in total. The summed E-state index contributed by atoms with van der Waals surface area (Å²) in [6, 6.07) is 7.53. The summed E-state index contributed by atoms with van der Waals surface area (Å²) >= 11 is 0. The number of imidazole rings is 1. The summed E-state index contributed by atoms with van der Waals surface area (Å²) in [7, 11) is 0. The standard InChI is InChI=1S/C16H21N3/c1-11-18-14-9-12(16(10-17)7-2-8-16)3-6-15(14)19(11)13-4-5-13/h3,6,9,13H,2,4-5,7-8,10,17H2,1H3. The lowest BCUT2D eigenvalue weighted by molar-refractivity contribution is 0.253. The first kappa shape index (κ1) is 11.5. The van der Waals surface area contributed by atoms with Crippen LogP contribution in [0.5, 0.6) is 0 Å². The number of hydrogen-bond donors (Lipinski definition) is 1. The molecule has 2 aliphatic rings. The van der Waals surface area contributed by atoms with E-state index < -0.39 is 0 Å². The lowest BCUT2D eigenvalue weighted by Crippen LogP contribution is -2.41. The van der Waals surface area contributed by atoms with E-state index in [0.29, 0.717) is 6.04 Å². The maximum atomic E-state index is 6.01. The Kier molecular flexibility index (Phi) is 2.31. The SMILES string of the molecule is Cc1nc2cc(C3(CN)CCC3)ccc2n1C1CC1. The van der Waals surface area contributed by atoms with Crippen molar-refractivity contribution in [2.75, 3.05) is 6.54 Å². The number of fused-ring (bicyclic) bond motifs is 1. The number of nitrogens with two attached hydrogens (primary N) is 1. The summed E-state index contributed by atoms with van der Waals surface area (Å²) in [5.74, 6) is 1.16. The van der Waals surface area contributed by atoms with E-state index in [9.17, 15) is 0 Å². The predicted octanol–water partition coefficient (Wildman–Crippen LogP) is 3.06. The molecule has 0 unspecified atom stereocenters. The molecule has 0 aliphatic heterocycles. The minimum Gasteiger partial charge on any atom is -0.330 e. The van der Waals surface area contributed by atoms with Crippen molar-refractivity contribution in [3.05, 3.63) is 29.6 Å². The molecule has 2 fully saturated rings. The van der Waals surface area contributed by atoms with Crippen LogP contribution < -0.4 is 5.73 Å². The van der Waals surface area contributed by atoms with Crippen molar-refractivity contribution in [3.63, 3.8) is 0 Å². The number of hydrogen-bond acceptors (Lipinski definition) is 2. The highest BCUT2D eigenvalue weighted by molar-refractivity contribution is 5.77. The van der Waals surface area contributed by atoms with Crippen molar-refractivity contribution < 1.29 is 0 Å². The van der Waals surface area contributed by atoms with Crippen molar-refractivity contribution >= 4 is 11.0 Å². The van der Waals surface area contributed by atoms with Gasteiger partial charge in [-0.25, -0.2) is 4.98 Å². The molecule has 2 aromatic rings. The van der Waals surface area contributed by atoms with Crippen molar-refractivity contribution in [2.24, 2.45) is 5.73 Å². The second-order valence-corrected chi connectivity index (χ2v) is 6.30. The largest absolute Gasteiger partial charge is 0.330 e. The van der Waals surface area contributed by atoms with Gasteiger partial charge in [0.15, 0.2) is 0 Å². The van der Waals surface area contributed by atoms with Crippen LogP contribution in [0.25, 0.3) is 11.0 Å². The van der Waals surface area contributed by atoms with Crippen molar-refractivity contribution in [3.8, 4) is 0 Å². The molecule has 100 valence electrons. The highest BCUT2D eigenvalue weighted by atomic mass is 15.1. The quantitative estimate of drug-likeness (QED) is 0.916. The molecule has 4 rings (SSSR count). The number of nitrogens with zero attached hydrogens (tertiary/aromatic N) is 2. The zero-order valence-electron chi connectivity index (χ0n) is 11.5. The smallest absolute Gasteiger partial charge is 0.106 e. The fourth-order valence-electron chi connectivity index (χ4n) is 3.56. The number of rotatable bonds is 3. The molecule has 1 aromatic heterocycles. The third-order valence-electron chi connectivity index (χ3n) is 5.09. The Hall–Kier alpha value is -1.35. The molecule has 0 atom stereocenters. The molecule has 0 radical (unpaired) electrons. The van der Waals surface area contributed by atoms with Crippen molar-refractivity contribution in [1.29, 1.82) is 0 Å². The minimum atomic E-state index is 0.242. The van der Waals surface area contributed by atoms with Crippen LogP contribution in [0.4, 0.5) is 0 Å². The summed E-state index contributed by atoms with van der Waals surface area (Å²) in [6.07, 6.45) is 6.39. The van der Waals surface area contributed by atoms with Crippen LogP contribution in [-0.2, 0) is 5.41 Å². The molecule has 0 spiro atoms. The van der Waals surface area contributed by atoms with E-state index in [2.05, 4.69) is 29.7 Å². The molecule has 0 saturated heterocycles. The third kappa shape index (κ3) is 1.57. The Morgan fingerprint density at radius 2 is 2.16 bits per heavy atom. The van der Waals surface area contributed by atoms with Gasteiger partial charge >= 0.3 is 0 Å². The minimum absolute atomic E-state index is 0.242. The zero-order chi connectivity index (χ0) is 13.0. The Morgan fingerprint density at radius 1 is 1.37 bits per heavy atom. The van der Waals surface area contributed by atoms with Crippen LogP contribution in [0.3, 0.4) is 0 Å². The van der Waals surface area contributed by atoms with Crippen LogP contribution in [0, 0.1) is 6.92 Å². The molecule has 0 amide bonds. The van der Waals surface area contributed by atoms with Gasteiger partial charge in [-0.3, -0.25) is 0 Å². The van der Waals surface area contributed by atoms with Gasteiger partial charge < -0.3 is 10.3 Å². The lowest BCUT2D eigenvalue weighted by Gasteiger charge is -2.41. The molecular weight excluding hydrogens is 234 g/mol. The molecule has 3 nitrogen and oxygen atoms in total. The molecule has 2 saturated carbocycles. The molecule has 1 heterocycles. The average Bonchev–Trinajstić information content (AvgIpc) is 3.11. The third-order valence-corrected chi connectivity index (χ3v) is 5.09. The van der Waals surface area contributed by atoms with Crippen LogP contribution in [0.15, 0.2) is 18.2 Å². The van der Waals surface area contributed by atoms with Gasteiger partial charge in [-0.2, -0.15) is 0 Å². The van der Waals surface area contributed by atoms with Gasteiger partial charge in [0.25, 0.3) is 0 Å². The van der Waals surface area contributed by atoms with Crippen LogP contribution in [0.1, 0.15) is 49.5 Å². The van der Waals surface area contributed by atoms with E-state index in [-0.39, 0.29) is 5.41 Å². The molecule has 2 aliphatic carbocycles. The summed E-state index contributed by atoms with van der Waals surface area (Å²) in [5.41, 5.74) is 10.1. The number of aryl methyl sites for hydroxylation is 1. The summed E-state index contributed by atoms with van der Waals surface area (Å²) in [4.78, 5) is 4.76. The summed E-state index contributed by atoms with van der Waals surface area (Å²) < 4.78 is 2.41. The highest BCUT2D eigenvalue weighted by Crippen LogP contribution is 2.44. The van der Waals surface area contributed by atoms with E-state index in [4.69, 9.17) is 10.7 Å². The Balaban J connectivity index is 1.84. The zero-order valence-corrected chi connectivity index (χ0v) is 11.5. The van der Waals surface area contributed by atoms with E-state index in [1.807, 2.05) is 0 Å². The van der Waals surface area contributed by atoms with Gasteiger partial charge in [0.05, 0.1) is 11.0 Å². The van der Waals surface area contributed by atoms with E-state index in [1.165, 1.54) is 43.2 Å². The van der Waals surface area contributed by atoms with Crippen LogP contribution in [-0.4, -0.2) is 16.1 Å². The summed E-state index contributed by atoms with van der Waals surface area (Å²) in [6.45, 7) is 2.89. The van der Waals surface area contributed by atoms with E-state index >= 15 is 0 Å². The van der Waals surface area contributed by atoms with E-state index in [1.54, 1.807) is 0 Å². The molecule has 19 heavy (non-hydrogen) atoms. The van der Waals surface area contributed by atoms with Crippen LogP contribution >= 0.6 is 0 Å². The Morgan fingerprint density at radius 3 is 2.74 bits per heavy atom. The molecular formula is C16H21N3. The fourth-order valence-corrected chi connectivity index (χ4v) is 3.56. The van der Waals surface area contributed by atoms with Gasteiger partial charge in [0.1, 0.15) is 5.82 Å². The first-order chi connectivity index (χ1) is 9.23. The Labute approximate surface area is 113 Å². The fraction of sp³-hybridized carbons (Fsp3) is 0.562. The monoisotopic (exact) mass is 255 g/mol. The van der Waals surface area contributed by atoms with Gasteiger partial charge in [-0.1, -0.05) is 12.5 Å². The molecule has 3 heteroatoms. The van der Waals surface area contributed by atoms with Crippen molar-refractivity contribution in [2.45, 2.75) is 50.5 Å². The maximum absolute atomic E-state index is 6.01. The second-order valence-electron chi connectivity index (χ2n) is 6.30. The van der Waals surface area contributed by atoms with Crippen molar-refractivity contribution in [1.82, 2.24) is 9.55 Å². The molecule has 0 bridgehead atoms. The normalized spacial score (nSPS) is 21.6. The van der Waals surface area contributed by atoms with E-state index in [0.717, 1.165) is 17.9 Å². The summed E-state index contributed by atoms with van der Waals surface area (Å²) in [5, 5.41) is 0. The van der Waals surface area contributed by atoms with Gasteiger partial charge in [-0.05, 0) is 50.3 Å². The number of aromatic nitrogens is 2. The number of benzene rings is 1. The lowest BCUT2D eigenvalue weighted by atomic mass is 9.64. The maximum Gasteiger partial charge on any atom is 0.106 e. The second kappa shape index (κ2) is 3.83.